The maximum absolute atomic E-state index is 14.6. The predicted octanol–water partition coefficient (Wildman–Crippen LogP) is 2.88. The highest BCUT2D eigenvalue weighted by Crippen LogP contribution is 2.32. The van der Waals surface area contributed by atoms with Crippen LogP contribution in [0.1, 0.15) is 24.8 Å². The molecule has 2 aromatic carbocycles. The Morgan fingerprint density at radius 1 is 1.19 bits per heavy atom. The molecule has 0 bridgehead atoms. The van der Waals surface area contributed by atoms with Gasteiger partial charge in [0.1, 0.15) is 24.5 Å². The minimum Gasteiger partial charge on any atom is -0.486 e. The Balaban J connectivity index is 1.47. The molecular weight excluding hydrogens is 413 g/mol. The Labute approximate surface area is 185 Å². The van der Waals surface area contributed by atoms with Crippen molar-refractivity contribution in [3.05, 3.63) is 48.0 Å². The molecule has 2 aliphatic rings. The van der Waals surface area contributed by atoms with E-state index < -0.39 is 24.8 Å². The number of hydrogen-bond acceptors (Lipinski definition) is 5. The molecule has 1 heterocycles. The number of nitrogens with zero attached hydrogens (tertiary/aromatic N) is 2. The van der Waals surface area contributed by atoms with E-state index in [0.29, 0.717) is 5.69 Å². The van der Waals surface area contributed by atoms with E-state index >= 15 is 0 Å². The number of ether oxygens (including phenoxy) is 1. The molecule has 0 unspecified atom stereocenters. The van der Waals surface area contributed by atoms with E-state index in [1.165, 1.54) is 4.90 Å². The normalized spacial score (nSPS) is 20.3. The first-order chi connectivity index (χ1) is 15.5. The van der Waals surface area contributed by atoms with E-state index in [1.54, 1.807) is 18.2 Å². The average molecular weight is 437 g/mol. The monoisotopic (exact) mass is 437 g/mol. The van der Waals surface area contributed by atoms with E-state index in [4.69, 9.17) is 9.84 Å². The molecule has 166 valence electrons. The highest BCUT2D eigenvalue weighted by Gasteiger charge is 2.33. The van der Waals surface area contributed by atoms with Crippen LogP contribution in [-0.4, -0.2) is 53.8 Å². The maximum atomic E-state index is 14.6. The number of carbonyl (C=O) groups excluding carboxylic acids is 2. The molecule has 0 radical (unpaired) electrons. The molecular formula is C24H24FN3O4. The molecule has 1 saturated carbocycles. The number of anilines is 1. The van der Waals surface area contributed by atoms with Gasteiger partial charge in [-0.15, -0.1) is 0 Å². The zero-order chi connectivity index (χ0) is 22.7. The molecule has 2 aromatic rings. The molecule has 32 heavy (non-hydrogen) atoms. The first-order valence-corrected chi connectivity index (χ1v) is 10.6. The number of alkyl halides is 1. The number of likely N-dealkylation sites (tertiary alicyclic amines) is 1. The third kappa shape index (κ3) is 4.89. The third-order valence-electron chi connectivity index (χ3n) is 5.76. The van der Waals surface area contributed by atoms with Crippen molar-refractivity contribution >= 4 is 17.5 Å². The first-order valence-electron chi connectivity index (χ1n) is 10.6. The summed E-state index contributed by atoms with van der Waals surface area (Å²) in [6, 6.07) is 14.6. The van der Waals surface area contributed by atoms with Crippen molar-refractivity contribution in [2.75, 3.05) is 25.0 Å². The lowest BCUT2D eigenvalue weighted by atomic mass is 10.0. The topological polar surface area (TPSA) is 103 Å². The van der Waals surface area contributed by atoms with Gasteiger partial charge in [0.15, 0.2) is 6.17 Å². The van der Waals surface area contributed by atoms with Gasteiger partial charge >= 0.3 is 0 Å². The second-order valence-corrected chi connectivity index (χ2v) is 8.13. The fraction of sp³-hybridized carbons (Fsp3) is 0.375. The summed E-state index contributed by atoms with van der Waals surface area (Å²) in [6.45, 7) is -0.517. The molecule has 1 saturated heterocycles. The highest BCUT2D eigenvalue weighted by molar-refractivity contribution is 5.94. The van der Waals surface area contributed by atoms with Crippen LogP contribution in [0.3, 0.4) is 0 Å². The van der Waals surface area contributed by atoms with Gasteiger partial charge < -0.3 is 20.1 Å². The van der Waals surface area contributed by atoms with Crippen LogP contribution in [0, 0.1) is 17.2 Å². The van der Waals surface area contributed by atoms with Crippen molar-refractivity contribution in [2.45, 2.75) is 31.5 Å². The van der Waals surface area contributed by atoms with E-state index in [-0.39, 0.29) is 42.6 Å². The van der Waals surface area contributed by atoms with E-state index in [9.17, 15) is 19.2 Å². The standard InChI is InChI=1S/C24H24FN3O4/c25-20-13-28(23(30)14-29)9-8-22(20)32-21-7-6-17(10-18(21)12-26)16-2-1-3-19(11-16)27-24(31)15-4-5-15/h1-3,6-7,10-11,15,20,22,29H,4-5,8-9,13-14H2,(H,27,31)/t20-,22+/m1/s1. The van der Waals surface area contributed by atoms with Gasteiger partial charge in [0.05, 0.1) is 12.1 Å². The van der Waals surface area contributed by atoms with Crippen molar-refractivity contribution in [3.8, 4) is 22.9 Å². The fourth-order valence-electron chi connectivity index (χ4n) is 3.77. The molecule has 1 aliphatic carbocycles. The number of aliphatic hydroxyl groups excluding tert-OH is 1. The second-order valence-electron chi connectivity index (χ2n) is 8.13. The van der Waals surface area contributed by atoms with Crippen molar-refractivity contribution in [1.29, 1.82) is 5.26 Å². The highest BCUT2D eigenvalue weighted by atomic mass is 19.1. The Bertz CT molecular complexity index is 1060. The summed E-state index contributed by atoms with van der Waals surface area (Å²) in [4.78, 5) is 24.9. The summed E-state index contributed by atoms with van der Waals surface area (Å²) < 4.78 is 20.3. The largest absolute Gasteiger partial charge is 0.486 e. The minimum absolute atomic E-state index is 0.0242. The SMILES string of the molecule is N#Cc1cc(-c2cccc(NC(=O)C3CC3)c2)ccc1O[C@H]1CCN(C(=O)CO)C[C@H]1F. The van der Waals surface area contributed by atoms with Gasteiger partial charge in [0, 0.05) is 24.6 Å². The number of aliphatic hydroxyl groups is 1. The zero-order valence-electron chi connectivity index (χ0n) is 17.5. The van der Waals surface area contributed by atoms with Gasteiger partial charge in [-0.05, 0) is 48.2 Å². The van der Waals surface area contributed by atoms with Gasteiger partial charge in [-0.3, -0.25) is 9.59 Å². The van der Waals surface area contributed by atoms with Gasteiger partial charge in [0.2, 0.25) is 11.8 Å². The van der Waals surface area contributed by atoms with Crippen LogP contribution in [0.25, 0.3) is 11.1 Å². The lowest BCUT2D eigenvalue weighted by molar-refractivity contribution is -0.138. The Morgan fingerprint density at radius 2 is 1.97 bits per heavy atom. The van der Waals surface area contributed by atoms with Crippen LogP contribution in [0.2, 0.25) is 0 Å². The molecule has 2 amide bonds. The number of carbonyl (C=O) groups is 2. The van der Waals surface area contributed by atoms with Crippen LogP contribution < -0.4 is 10.1 Å². The molecule has 8 heteroatoms. The molecule has 4 rings (SSSR count). The number of piperidine rings is 1. The summed E-state index contributed by atoms with van der Waals surface area (Å²) in [5, 5.41) is 21.5. The molecule has 2 fully saturated rings. The summed E-state index contributed by atoms with van der Waals surface area (Å²) >= 11 is 0. The number of benzene rings is 2. The van der Waals surface area contributed by atoms with Crippen molar-refractivity contribution in [1.82, 2.24) is 4.90 Å². The van der Waals surface area contributed by atoms with E-state index in [1.807, 2.05) is 24.3 Å². The second kappa shape index (κ2) is 9.37. The lowest BCUT2D eigenvalue weighted by Crippen LogP contribution is -2.50. The van der Waals surface area contributed by atoms with Gasteiger partial charge in [-0.25, -0.2) is 4.39 Å². The number of halogens is 1. The molecule has 0 spiro atoms. The Hall–Kier alpha value is -3.44. The first kappa shape index (κ1) is 21.8. The Kier molecular flexibility index (Phi) is 6.37. The Morgan fingerprint density at radius 3 is 2.66 bits per heavy atom. The van der Waals surface area contributed by atoms with Crippen LogP contribution >= 0.6 is 0 Å². The average Bonchev–Trinajstić information content (AvgIpc) is 3.66. The quantitative estimate of drug-likeness (QED) is 0.724. The predicted molar refractivity (Wildman–Crippen MR) is 116 cm³/mol. The number of hydrogen-bond donors (Lipinski definition) is 2. The summed E-state index contributed by atoms with van der Waals surface area (Å²) in [6.07, 6.45) is -0.0827. The summed E-state index contributed by atoms with van der Waals surface area (Å²) in [5.74, 6) is -0.0999. The molecule has 1 aliphatic heterocycles. The number of rotatable bonds is 6. The number of nitrogens with one attached hydrogen (secondary N) is 1. The molecule has 0 aromatic heterocycles. The summed E-state index contributed by atoms with van der Waals surface area (Å²) in [5.41, 5.74) is 2.58. The van der Waals surface area contributed by atoms with Crippen molar-refractivity contribution < 1.29 is 23.8 Å². The zero-order valence-corrected chi connectivity index (χ0v) is 17.5. The molecule has 2 N–H and O–H groups in total. The fourth-order valence-corrected chi connectivity index (χ4v) is 3.77. The smallest absolute Gasteiger partial charge is 0.248 e. The van der Waals surface area contributed by atoms with Gasteiger partial charge in [0.25, 0.3) is 0 Å². The third-order valence-corrected chi connectivity index (χ3v) is 5.76. The van der Waals surface area contributed by atoms with Crippen molar-refractivity contribution in [2.24, 2.45) is 5.92 Å². The molecule has 7 nitrogen and oxygen atoms in total. The minimum atomic E-state index is -1.42. The van der Waals surface area contributed by atoms with Crippen LogP contribution in [0.4, 0.5) is 10.1 Å². The van der Waals surface area contributed by atoms with Crippen LogP contribution in [0.5, 0.6) is 5.75 Å². The lowest BCUT2D eigenvalue weighted by Gasteiger charge is -2.34. The van der Waals surface area contributed by atoms with Crippen LogP contribution in [0.15, 0.2) is 42.5 Å². The number of nitriles is 1. The maximum Gasteiger partial charge on any atom is 0.248 e. The van der Waals surface area contributed by atoms with E-state index in [2.05, 4.69) is 11.4 Å². The van der Waals surface area contributed by atoms with Gasteiger partial charge in [-0.2, -0.15) is 5.26 Å². The summed E-state index contributed by atoms with van der Waals surface area (Å²) in [7, 11) is 0. The van der Waals surface area contributed by atoms with Crippen LogP contribution in [-0.2, 0) is 9.59 Å². The molecule has 2 atom stereocenters. The van der Waals surface area contributed by atoms with E-state index in [0.717, 1.165) is 24.0 Å². The van der Waals surface area contributed by atoms with Gasteiger partial charge in [-0.1, -0.05) is 18.2 Å². The van der Waals surface area contributed by atoms with Crippen molar-refractivity contribution in [3.63, 3.8) is 0 Å². The number of amides is 2.